The summed E-state index contributed by atoms with van der Waals surface area (Å²) in [6.07, 6.45) is 5.84. The van der Waals surface area contributed by atoms with E-state index in [0.717, 1.165) is 32.1 Å². The lowest BCUT2D eigenvalue weighted by atomic mass is 9.84. The molecule has 7 heteroatoms. The summed E-state index contributed by atoms with van der Waals surface area (Å²) in [5.41, 5.74) is 0. The molecule has 0 aromatic carbocycles. The Hall–Kier alpha value is -1.63. The molecule has 2 fully saturated rings. The standard InChI is InChI=1S/C19H32N2O5/c1-4-8-14(19(25)26-5-2)20-12(3)17(22)21-15-10-7-6-9-13(15)11-16(21)18(23)24/h12-16,20H,4-11H2,1-3H3,(H,23,24)/t12-,13-,14+,15-,16+/m0/s1. The number of carboxylic acids is 1. The predicted octanol–water partition coefficient (Wildman–Crippen LogP) is -0.420. The molecule has 0 radical (unpaired) electrons. The minimum absolute atomic E-state index is 0.0118. The number of nitrogens with zero attached hydrogens (tertiary/aromatic N) is 1. The lowest BCUT2D eigenvalue weighted by Gasteiger charge is -2.35. The van der Waals surface area contributed by atoms with Crippen LogP contribution < -0.4 is 10.4 Å². The summed E-state index contributed by atoms with van der Waals surface area (Å²) in [6.45, 7) is 5.78. The van der Waals surface area contributed by atoms with E-state index in [1.54, 1.807) is 24.1 Å². The average Bonchev–Trinajstić information content (AvgIpc) is 3.00. The summed E-state index contributed by atoms with van der Waals surface area (Å²) in [6, 6.07) is -1.83. The van der Waals surface area contributed by atoms with E-state index in [1.165, 1.54) is 0 Å². The minimum Gasteiger partial charge on any atom is -0.548 e. The molecule has 0 unspecified atom stereocenters. The number of quaternary nitrogens is 1. The van der Waals surface area contributed by atoms with Crippen LogP contribution in [0.25, 0.3) is 0 Å². The van der Waals surface area contributed by atoms with Crippen LogP contribution in [0, 0.1) is 5.92 Å². The molecule has 7 nitrogen and oxygen atoms in total. The fraction of sp³-hybridized carbons (Fsp3) is 0.842. The number of esters is 1. The lowest BCUT2D eigenvalue weighted by molar-refractivity contribution is -0.697. The van der Waals surface area contributed by atoms with Crippen molar-refractivity contribution in [3.8, 4) is 0 Å². The molecule has 1 saturated carbocycles. The molecule has 0 bridgehead atoms. The fourth-order valence-corrected chi connectivity index (χ4v) is 4.51. The highest BCUT2D eigenvalue weighted by atomic mass is 16.5. The monoisotopic (exact) mass is 368 g/mol. The third kappa shape index (κ3) is 4.55. The number of ether oxygens (including phenoxy) is 1. The average molecular weight is 368 g/mol. The predicted molar refractivity (Wildman–Crippen MR) is 92.7 cm³/mol. The molecule has 1 aliphatic carbocycles. The number of hydrogen-bond acceptors (Lipinski definition) is 5. The zero-order valence-electron chi connectivity index (χ0n) is 16.1. The Labute approximate surface area is 155 Å². The van der Waals surface area contributed by atoms with Gasteiger partial charge in [0.15, 0.2) is 12.1 Å². The maximum atomic E-state index is 13.1. The lowest BCUT2D eigenvalue weighted by Crippen LogP contribution is -2.98. The van der Waals surface area contributed by atoms with Gasteiger partial charge in [0.05, 0.1) is 18.6 Å². The first-order valence-corrected chi connectivity index (χ1v) is 9.95. The molecule has 148 valence electrons. The Balaban J connectivity index is 2.10. The van der Waals surface area contributed by atoms with Crippen molar-refractivity contribution in [1.82, 2.24) is 4.90 Å². The zero-order valence-corrected chi connectivity index (χ0v) is 16.1. The molecule has 1 saturated heterocycles. The van der Waals surface area contributed by atoms with Crippen molar-refractivity contribution >= 4 is 17.8 Å². The third-order valence-corrected chi connectivity index (χ3v) is 5.71. The van der Waals surface area contributed by atoms with Gasteiger partial charge in [-0.1, -0.05) is 19.8 Å². The van der Waals surface area contributed by atoms with E-state index in [0.29, 0.717) is 19.4 Å². The number of nitrogens with two attached hydrogens (primary N) is 1. The van der Waals surface area contributed by atoms with Gasteiger partial charge in [-0.15, -0.1) is 0 Å². The number of carboxylic acid groups (broad SMARTS) is 1. The molecular formula is C19H32N2O5. The van der Waals surface area contributed by atoms with Crippen molar-refractivity contribution < 1.29 is 29.5 Å². The van der Waals surface area contributed by atoms with Crippen molar-refractivity contribution in [2.45, 2.75) is 89.9 Å². The van der Waals surface area contributed by atoms with Gasteiger partial charge in [0, 0.05) is 12.5 Å². The van der Waals surface area contributed by atoms with Crippen LogP contribution in [0.2, 0.25) is 0 Å². The van der Waals surface area contributed by atoms with Crippen LogP contribution in [0.15, 0.2) is 0 Å². The Morgan fingerprint density at radius 2 is 1.92 bits per heavy atom. The number of hydrogen-bond donors (Lipinski definition) is 1. The quantitative estimate of drug-likeness (QED) is 0.586. The van der Waals surface area contributed by atoms with Crippen LogP contribution in [-0.4, -0.2) is 53.5 Å². The Bertz CT molecular complexity index is 524. The molecule has 2 rings (SSSR count). The van der Waals surface area contributed by atoms with Crippen LogP contribution in [0.1, 0.15) is 65.7 Å². The first kappa shape index (κ1) is 20.7. The molecule has 26 heavy (non-hydrogen) atoms. The van der Waals surface area contributed by atoms with E-state index < -0.39 is 24.1 Å². The van der Waals surface area contributed by atoms with Gasteiger partial charge in [0.25, 0.3) is 5.91 Å². The highest BCUT2D eigenvalue weighted by molar-refractivity contribution is 5.86. The van der Waals surface area contributed by atoms with Gasteiger partial charge in [-0.05, 0) is 45.4 Å². The number of fused-ring (bicyclic) bond motifs is 1. The van der Waals surface area contributed by atoms with Crippen LogP contribution in [0.3, 0.4) is 0 Å². The zero-order chi connectivity index (χ0) is 19.3. The van der Waals surface area contributed by atoms with Gasteiger partial charge in [-0.25, -0.2) is 4.79 Å². The highest BCUT2D eigenvalue weighted by Gasteiger charge is 2.47. The summed E-state index contributed by atoms with van der Waals surface area (Å²) in [5.74, 6) is -1.45. The maximum absolute atomic E-state index is 13.1. The Kier molecular flexibility index (Phi) is 7.43. The first-order valence-electron chi connectivity index (χ1n) is 9.95. The smallest absolute Gasteiger partial charge is 0.364 e. The number of carbonyl (C=O) groups is 3. The molecule has 0 aromatic rings. The van der Waals surface area contributed by atoms with Crippen molar-refractivity contribution in [2.75, 3.05) is 6.61 Å². The van der Waals surface area contributed by atoms with Gasteiger partial charge in [-0.3, -0.25) is 4.79 Å². The van der Waals surface area contributed by atoms with E-state index in [4.69, 9.17) is 4.74 Å². The number of likely N-dealkylation sites (tertiary alicyclic amines) is 1. The normalized spacial score (nSPS) is 27.5. The third-order valence-electron chi connectivity index (χ3n) is 5.71. The van der Waals surface area contributed by atoms with E-state index in [-0.39, 0.29) is 23.8 Å². The summed E-state index contributed by atoms with van der Waals surface area (Å²) >= 11 is 0. The molecule has 1 heterocycles. The molecule has 1 aliphatic heterocycles. The van der Waals surface area contributed by atoms with Crippen molar-refractivity contribution in [3.05, 3.63) is 0 Å². The molecule has 2 aliphatic rings. The second-order valence-electron chi connectivity index (χ2n) is 7.56. The minimum atomic E-state index is -1.17. The van der Waals surface area contributed by atoms with Crippen molar-refractivity contribution in [3.63, 3.8) is 0 Å². The largest absolute Gasteiger partial charge is 0.548 e. The number of amides is 1. The Morgan fingerprint density at radius 1 is 1.23 bits per heavy atom. The second-order valence-corrected chi connectivity index (χ2v) is 7.56. The van der Waals surface area contributed by atoms with Crippen LogP contribution in [0.5, 0.6) is 0 Å². The second kappa shape index (κ2) is 9.35. The molecule has 1 amide bonds. The van der Waals surface area contributed by atoms with Gasteiger partial charge in [0.2, 0.25) is 0 Å². The van der Waals surface area contributed by atoms with E-state index in [9.17, 15) is 19.5 Å². The number of carbonyl (C=O) groups excluding carboxylic acids is 3. The summed E-state index contributed by atoms with van der Waals surface area (Å²) in [7, 11) is 0. The molecule has 5 atom stereocenters. The van der Waals surface area contributed by atoms with Gasteiger partial charge in [0.1, 0.15) is 0 Å². The maximum Gasteiger partial charge on any atom is 0.364 e. The SMILES string of the molecule is CCC[C@@H]([NH2+][C@@H](C)C(=O)N1[C@@H](C(=O)[O-])C[C@@H]2CCCC[C@@H]21)C(=O)OCC. The molecule has 2 N–H and O–H groups in total. The van der Waals surface area contributed by atoms with Crippen molar-refractivity contribution in [1.29, 1.82) is 0 Å². The van der Waals surface area contributed by atoms with E-state index in [1.807, 2.05) is 6.92 Å². The summed E-state index contributed by atoms with van der Waals surface area (Å²) in [5, 5.41) is 13.3. The van der Waals surface area contributed by atoms with E-state index in [2.05, 4.69) is 0 Å². The van der Waals surface area contributed by atoms with Crippen LogP contribution in [0.4, 0.5) is 0 Å². The van der Waals surface area contributed by atoms with Crippen molar-refractivity contribution in [2.24, 2.45) is 5.92 Å². The summed E-state index contributed by atoms with van der Waals surface area (Å²) in [4.78, 5) is 38.4. The van der Waals surface area contributed by atoms with Gasteiger partial charge >= 0.3 is 5.97 Å². The Morgan fingerprint density at radius 3 is 2.54 bits per heavy atom. The molecule has 0 aromatic heterocycles. The summed E-state index contributed by atoms with van der Waals surface area (Å²) < 4.78 is 5.11. The number of rotatable bonds is 8. The van der Waals surface area contributed by atoms with E-state index >= 15 is 0 Å². The fourth-order valence-electron chi connectivity index (χ4n) is 4.51. The molecular weight excluding hydrogens is 336 g/mol. The number of aliphatic carboxylic acids is 1. The van der Waals surface area contributed by atoms with Gasteiger partial charge in [-0.2, -0.15) is 0 Å². The first-order chi connectivity index (χ1) is 12.4. The topological polar surface area (TPSA) is 103 Å². The molecule has 0 spiro atoms. The van der Waals surface area contributed by atoms with Crippen LogP contribution >= 0.6 is 0 Å². The highest BCUT2D eigenvalue weighted by Crippen LogP contribution is 2.39. The van der Waals surface area contributed by atoms with Gasteiger partial charge < -0.3 is 24.9 Å². The van der Waals surface area contributed by atoms with Crippen LogP contribution in [-0.2, 0) is 19.1 Å².